The number of methoxy groups -OCH3 is 1. The van der Waals surface area contributed by atoms with E-state index in [1.807, 2.05) is 13.0 Å². The molecule has 1 unspecified atom stereocenters. The molecule has 0 bridgehead atoms. The van der Waals surface area contributed by atoms with E-state index in [2.05, 4.69) is 5.32 Å². The molecule has 110 valence electrons. The first kappa shape index (κ1) is 15.7. The van der Waals surface area contributed by atoms with Crippen LogP contribution in [0.15, 0.2) is 42.5 Å². The molecule has 1 amide bonds. The molecule has 1 N–H and O–H groups in total. The van der Waals surface area contributed by atoms with Gasteiger partial charge in [-0.05, 0) is 48.9 Å². The molecular weight excluding hydrogens is 309 g/mol. The second kappa shape index (κ2) is 6.83. The second-order valence-electron chi connectivity index (χ2n) is 4.60. The molecular formula is C16H15Cl2NO2. The molecule has 21 heavy (non-hydrogen) atoms. The van der Waals surface area contributed by atoms with Crippen LogP contribution in [0.5, 0.6) is 5.75 Å². The number of hydrogen-bond acceptors (Lipinski definition) is 2. The highest BCUT2D eigenvalue weighted by Gasteiger charge is 2.12. The van der Waals surface area contributed by atoms with Gasteiger partial charge in [0, 0.05) is 5.56 Å². The first-order valence-electron chi connectivity index (χ1n) is 6.41. The van der Waals surface area contributed by atoms with E-state index in [0.29, 0.717) is 21.4 Å². The summed E-state index contributed by atoms with van der Waals surface area (Å²) >= 11 is 11.9. The fourth-order valence-electron chi connectivity index (χ4n) is 1.89. The van der Waals surface area contributed by atoms with Crippen LogP contribution in [0.4, 0.5) is 0 Å². The van der Waals surface area contributed by atoms with Gasteiger partial charge in [0.2, 0.25) is 0 Å². The smallest absolute Gasteiger partial charge is 0.251 e. The first-order valence-corrected chi connectivity index (χ1v) is 7.16. The molecule has 0 aliphatic carbocycles. The van der Waals surface area contributed by atoms with E-state index in [-0.39, 0.29) is 11.9 Å². The topological polar surface area (TPSA) is 38.3 Å². The third kappa shape index (κ3) is 3.90. The average molecular weight is 324 g/mol. The van der Waals surface area contributed by atoms with Crippen molar-refractivity contribution in [3.8, 4) is 5.75 Å². The van der Waals surface area contributed by atoms with Crippen molar-refractivity contribution >= 4 is 29.1 Å². The number of rotatable bonds is 4. The molecule has 0 fully saturated rings. The predicted molar refractivity (Wildman–Crippen MR) is 85.3 cm³/mol. The minimum atomic E-state index is -0.172. The largest absolute Gasteiger partial charge is 0.497 e. The van der Waals surface area contributed by atoms with E-state index in [1.54, 1.807) is 43.5 Å². The van der Waals surface area contributed by atoms with E-state index in [4.69, 9.17) is 27.9 Å². The highest BCUT2D eigenvalue weighted by atomic mass is 35.5. The summed E-state index contributed by atoms with van der Waals surface area (Å²) in [5, 5.41) is 3.88. The Morgan fingerprint density at radius 3 is 2.33 bits per heavy atom. The number of benzene rings is 2. The van der Waals surface area contributed by atoms with Crippen molar-refractivity contribution in [3.63, 3.8) is 0 Å². The molecule has 3 nitrogen and oxygen atoms in total. The number of carbonyl (C=O) groups is 1. The van der Waals surface area contributed by atoms with Crippen LogP contribution in [-0.2, 0) is 0 Å². The predicted octanol–water partition coefficient (Wildman–Crippen LogP) is 4.49. The highest BCUT2D eigenvalue weighted by Crippen LogP contribution is 2.25. The van der Waals surface area contributed by atoms with Crippen molar-refractivity contribution in [2.75, 3.05) is 7.11 Å². The van der Waals surface area contributed by atoms with Crippen LogP contribution in [0.3, 0.4) is 0 Å². The van der Waals surface area contributed by atoms with Crippen molar-refractivity contribution in [2.45, 2.75) is 13.0 Å². The Bertz CT molecular complexity index is 641. The lowest BCUT2D eigenvalue weighted by Gasteiger charge is -2.15. The van der Waals surface area contributed by atoms with Gasteiger partial charge in [-0.15, -0.1) is 0 Å². The van der Waals surface area contributed by atoms with Gasteiger partial charge in [-0.2, -0.15) is 0 Å². The molecule has 0 aliphatic rings. The molecule has 0 aromatic heterocycles. The molecule has 0 saturated carbocycles. The van der Waals surface area contributed by atoms with Gasteiger partial charge in [-0.3, -0.25) is 4.79 Å². The summed E-state index contributed by atoms with van der Waals surface area (Å²) in [4.78, 5) is 12.2. The summed E-state index contributed by atoms with van der Waals surface area (Å²) in [5.41, 5.74) is 1.47. The minimum absolute atomic E-state index is 0.156. The zero-order valence-corrected chi connectivity index (χ0v) is 13.2. The average Bonchev–Trinajstić information content (AvgIpc) is 2.50. The lowest BCUT2D eigenvalue weighted by molar-refractivity contribution is 0.0940. The lowest BCUT2D eigenvalue weighted by atomic mass is 10.1. The zero-order chi connectivity index (χ0) is 15.4. The van der Waals surface area contributed by atoms with Gasteiger partial charge in [-0.25, -0.2) is 0 Å². The third-order valence-electron chi connectivity index (χ3n) is 3.14. The van der Waals surface area contributed by atoms with Gasteiger partial charge in [0.25, 0.3) is 5.91 Å². The molecule has 0 spiro atoms. The maximum absolute atomic E-state index is 12.2. The van der Waals surface area contributed by atoms with Crippen LogP contribution in [0.25, 0.3) is 0 Å². The number of amides is 1. The lowest BCUT2D eigenvalue weighted by Crippen LogP contribution is -2.26. The fraction of sp³-hybridized carbons (Fsp3) is 0.188. The summed E-state index contributed by atoms with van der Waals surface area (Å²) in [6.45, 7) is 1.89. The van der Waals surface area contributed by atoms with Gasteiger partial charge in [0.1, 0.15) is 5.75 Å². The van der Waals surface area contributed by atoms with Crippen molar-refractivity contribution < 1.29 is 9.53 Å². The van der Waals surface area contributed by atoms with E-state index in [0.717, 1.165) is 5.56 Å². The Balaban J connectivity index is 2.08. The summed E-state index contributed by atoms with van der Waals surface area (Å²) < 4.78 is 5.06. The van der Waals surface area contributed by atoms with Gasteiger partial charge in [-0.1, -0.05) is 29.3 Å². The fourth-order valence-corrected chi connectivity index (χ4v) is 2.19. The minimum Gasteiger partial charge on any atom is -0.497 e. The molecule has 5 heteroatoms. The van der Waals surface area contributed by atoms with Crippen molar-refractivity contribution in [3.05, 3.63) is 63.6 Å². The SMILES string of the molecule is COc1ccc(C(=O)NC(C)c2ccc(Cl)c(Cl)c2)cc1. The van der Waals surface area contributed by atoms with Gasteiger partial charge >= 0.3 is 0 Å². The summed E-state index contributed by atoms with van der Waals surface area (Å²) in [6, 6.07) is 12.1. The molecule has 2 aromatic rings. The molecule has 0 heterocycles. The standard InChI is InChI=1S/C16H15Cl2NO2/c1-10(12-5-8-14(17)15(18)9-12)19-16(20)11-3-6-13(21-2)7-4-11/h3-10H,1-2H3,(H,19,20). The van der Waals surface area contributed by atoms with E-state index >= 15 is 0 Å². The summed E-state index contributed by atoms with van der Waals surface area (Å²) in [6.07, 6.45) is 0. The van der Waals surface area contributed by atoms with Crippen LogP contribution < -0.4 is 10.1 Å². The normalized spacial score (nSPS) is 11.8. The van der Waals surface area contributed by atoms with Gasteiger partial charge in [0.05, 0.1) is 23.2 Å². The maximum Gasteiger partial charge on any atom is 0.251 e. The summed E-state index contributed by atoms with van der Waals surface area (Å²) in [7, 11) is 1.58. The molecule has 1 atom stereocenters. The number of halogens is 2. The van der Waals surface area contributed by atoms with Gasteiger partial charge < -0.3 is 10.1 Å². The number of ether oxygens (including phenoxy) is 1. The van der Waals surface area contributed by atoms with Crippen LogP contribution in [-0.4, -0.2) is 13.0 Å². The Hall–Kier alpha value is -1.71. The monoisotopic (exact) mass is 323 g/mol. The van der Waals surface area contributed by atoms with Crippen molar-refractivity contribution in [1.82, 2.24) is 5.32 Å². The number of hydrogen-bond donors (Lipinski definition) is 1. The Morgan fingerprint density at radius 1 is 1.10 bits per heavy atom. The quantitative estimate of drug-likeness (QED) is 0.900. The molecule has 0 saturated heterocycles. The maximum atomic E-state index is 12.2. The molecule has 0 aliphatic heterocycles. The Morgan fingerprint density at radius 2 is 1.76 bits per heavy atom. The summed E-state index contributed by atoms with van der Waals surface area (Å²) in [5.74, 6) is 0.556. The van der Waals surface area contributed by atoms with Crippen LogP contribution in [0.2, 0.25) is 10.0 Å². The van der Waals surface area contributed by atoms with Crippen LogP contribution in [0, 0.1) is 0 Å². The first-order chi connectivity index (χ1) is 10.0. The van der Waals surface area contributed by atoms with E-state index in [9.17, 15) is 4.79 Å². The second-order valence-corrected chi connectivity index (χ2v) is 5.41. The van der Waals surface area contributed by atoms with Gasteiger partial charge in [0.15, 0.2) is 0 Å². The van der Waals surface area contributed by atoms with Crippen molar-refractivity contribution in [1.29, 1.82) is 0 Å². The molecule has 0 radical (unpaired) electrons. The van der Waals surface area contributed by atoms with Crippen LogP contribution >= 0.6 is 23.2 Å². The Labute approximate surface area is 133 Å². The number of nitrogens with one attached hydrogen (secondary N) is 1. The van der Waals surface area contributed by atoms with E-state index < -0.39 is 0 Å². The third-order valence-corrected chi connectivity index (χ3v) is 3.88. The molecule has 2 aromatic carbocycles. The van der Waals surface area contributed by atoms with E-state index in [1.165, 1.54) is 0 Å². The molecule has 2 rings (SSSR count). The Kier molecular flexibility index (Phi) is 5.10. The van der Waals surface area contributed by atoms with Crippen LogP contribution in [0.1, 0.15) is 28.9 Å². The zero-order valence-electron chi connectivity index (χ0n) is 11.7. The highest BCUT2D eigenvalue weighted by molar-refractivity contribution is 6.42. The van der Waals surface area contributed by atoms with Crippen molar-refractivity contribution in [2.24, 2.45) is 0 Å². The number of carbonyl (C=O) groups excluding carboxylic acids is 1.